The molecule has 0 saturated carbocycles. The lowest BCUT2D eigenvalue weighted by atomic mass is 9.98. The maximum Gasteiger partial charge on any atom is 0.294 e. The van der Waals surface area contributed by atoms with Crippen molar-refractivity contribution in [3.8, 4) is 5.75 Å². The molecule has 0 amide bonds. The average molecular weight is 364 g/mol. The number of ether oxygens (including phenoxy) is 2. The summed E-state index contributed by atoms with van der Waals surface area (Å²) >= 11 is 0. The number of hydrogen-bond acceptors (Lipinski definition) is 4. The van der Waals surface area contributed by atoms with Crippen LogP contribution in [0.3, 0.4) is 0 Å². The average Bonchev–Trinajstić information content (AvgIpc) is 2.61. The lowest BCUT2D eigenvalue weighted by Gasteiger charge is -2.10. The fraction of sp³-hybridized carbons (Fsp3) is 0.368. The molecule has 6 heteroatoms. The van der Waals surface area contributed by atoms with Crippen LogP contribution >= 0.6 is 0 Å². The van der Waals surface area contributed by atoms with Gasteiger partial charge in [0.2, 0.25) is 0 Å². The molecule has 1 N–H and O–H groups in total. The van der Waals surface area contributed by atoms with Gasteiger partial charge in [0.1, 0.15) is 12.4 Å². The topological polar surface area (TPSA) is 72.8 Å². The van der Waals surface area contributed by atoms with Crippen LogP contribution in [0.25, 0.3) is 0 Å². The smallest absolute Gasteiger partial charge is 0.294 e. The summed E-state index contributed by atoms with van der Waals surface area (Å²) in [4.78, 5) is -0.156. The first-order chi connectivity index (χ1) is 11.9. The Morgan fingerprint density at radius 3 is 2.20 bits per heavy atom. The van der Waals surface area contributed by atoms with E-state index < -0.39 is 10.1 Å². The zero-order valence-electron chi connectivity index (χ0n) is 14.5. The summed E-state index contributed by atoms with van der Waals surface area (Å²) in [5.41, 5.74) is 2.45. The van der Waals surface area contributed by atoms with E-state index in [1.807, 2.05) is 0 Å². The Morgan fingerprint density at radius 1 is 1.00 bits per heavy atom. The fourth-order valence-corrected chi connectivity index (χ4v) is 2.77. The Balaban J connectivity index is 1.71. The van der Waals surface area contributed by atoms with Crippen molar-refractivity contribution in [1.29, 1.82) is 0 Å². The summed E-state index contributed by atoms with van der Waals surface area (Å²) in [5.74, 6) is 1.09. The lowest BCUT2D eigenvalue weighted by Crippen LogP contribution is -2.07. The van der Waals surface area contributed by atoms with Crippen LogP contribution in [-0.4, -0.2) is 26.2 Å². The highest BCUT2D eigenvalue weighted by Crippen LogP contribution is 2.19. The zero-order valence-corrected chi connectivity index (χ0v) is 15.3. The first-order valence-electron chi connectivity index (χ1n) is 8.27. The maximum absolute atomic E-state index is 10.9. The molecule has 1 unspecified atom stereocenters. The molecule has 0 spiro atoms. The van der Waals surface area contributed by atoms with Gasteiger partial charge in [-0.05, 0) is 47.7 Å². The number of rotatable bonds is 9. The van der Waals surface area contributed by atoms with Crippen LogP contribution in [0.2, 0.25) is 0 Å². The fourth-order valence-electron chi connectivity index (χ4n) is 2.29. The standard InChI is InChI=1S/C19H24O5S/c1-3-15(2)17-6-4-16(5-7-17)14-23-12-13-24-18-8-10-19(11-9-18)25(20,21)22/h4-11,15H,3,12-14H2,1-2H3,(H,20,21,22). The van der Waals surface area contributed by atoms with Crippen LogP contribution in [0.15, 0.2) is 53.4 Å². The molecule has 25 heavy (non-hydrogen) atoms. The SMILES string of the molecule is CCC(C)c1ccc(COCCOc2ccc(S(=O)(=O)O)cc2)cc1. The summed E-state index contributed by atoms with van der Waals surface area (Å²) in [6.45, 7) is 5.69. The van der Waals surface area contributed by atoms with Gasteiger partial charge in [0.15, 0.2) is 0 Å². The van der Waals surface area contributed by atoms with Crippen LogP contribution in [0.5, 0.6) is 5.75 Å². The minimum atomic E-state index is -4.17. The van der Waals surface area contributed by atoms with E-state index in [0.29, 0.717) is 31.5 Å². The van der Waals surface area contributed by atoms with Crippen LogP contribution in [-0.2, 0) is 21.5 Å². The third kappa shape index (κ3) is 6.16. The highest BCUT2D eigenvalue weighted by Gasteiger charge is 2.08. The van der Waals surface area contributed by atoms with E-state index in [1.54, 1.807) is 0 Å². The second-order valence-corrected chi connectivity index (χ2v) is 7.32. The zero-order chi connectivity index (χ0) is 18.3. The molecule has 0 aliphatic heterocycles. The molecule has 1 atom stereocenters. The largest absolute Gasteiger partial charge is 0.491 e. The Labute approximate surface area is 149 Å². The van der Waals surface area contributed by atoms with Gasteiger partial charge in [-0.25, -0.2) is 0 Å². The van der Waals surface area contributed by atoms with E-state index in [0.717, 1.165) is 12.0 Å². The summed E-state index contributed by atoms with van der Waals surface area (Å²) in [6.07, 6.45) is 1.12. The van der Waals surface area contributed by atoms with E-state index in [1.165, 1.54) is 29.8 Å². The van der Waals surface area contributed by atoms with Crippen molar-refractivity contribution < 1.29 is 22.4 Å². The van der Waals surface area contributed by atoms with E-state index in [4.69, 9.17) is 14.0 Å². The monoisotopic (exact) mass is 364 g/mol. The van der Waals surface area contributed by atoms with Crippen molar-refractivity contribution in [2.75, 3.05) is 13.2 Å². The summed E-state index contributed by atoms with van der Waals surface area (Å²) in [7, 11) is -4.17. The second-order valence-electron chi connectivity index (χ2n) is 5.90. The Hall–Kier alpha value is -1.89. The second kappa shape index (κ2) is 8.99. The summed E-state index contributed by atoms with van der Waals surface area (Å²) < 4.78 is 41.9. The molecule has 0 heterocycles. The maximum atomic E-state index is 10.9. The van der Waals surface area contributed by atoms with Crippen LogP contribution in [0.1, 0.15) is 37.3 Å². The molecule has 136 valence electrons. The molecule has 2 aromatic rings. The van der Waals surface area contributed by atoms with Gasteiger partial charge < -0.3 is 9.47 Å². The summed E-state index contributed by atoms with van der Waals surface area (Å²) in [6, 6.07) is 14.0. The molecule has 0 radical (unpaired) electrons. The van der Waals surface area contributed by atoms with Crippen molar-refractivity contribution in [2.45, 2.75) is 37.7 Å². The molecule has 0 aliphatic carbocycles. The highest BCUT2D eigenvalue weighted by molar-refractivity contribution is 7.85. The van der Waals surface area contributed by atoms with Gasteiger partial charge in [0.25, 0.3) is 10.1 Å². The summed E-state index contributed by atoms with van der Waals surface area (Å²) in [5, 5.41) is 0. The van der Waals surface area contributed by atoms with Crippen LogP contribution < -0.4 is 4.74 Å². The molecule has 2 aromatic carbocycles. The first kappa shape index (κ1) is 19.4. The molecule has 0 aliphatic rings. The van der Waals surface area contributed by atoms with E-state index in [9.17, 15) is 8.42 Å². The van der Waals surface area contributed by atoms with Crippen molar-refractivity contribution in [3.05, 3.63) is 59.7 Å². The lowest BCUT2D eigenvalue weighted by molar-refractivity contribution is 0.0889. The molecule has 0 fully saturated rings. The number of hydrogen-bond donors (Lipinski definition) is 1. The van der Waals surface area contributed by atoms with E-state index in [-0.39, 0.29) is 4.90 Å². The van der Waals surface area contributed by atoms with Gasteiger partial charge in [-0.15, -0.1) is 0 Å². The van der Waals surface area contributed by atoms with Crippen molar-refractivity contribution in [1.82, 2.24) is 0 Å². The predicted octanol–water partition coefficient (Wildman–Crippen LogP) is 4.04. The molecule has 2 rings (SSSR count). The van der Waals surface area contributed by atoms with Crippen LogP contribution in [0.4, 0.5) is 0 Å². The number of benzene rings is 2. The molecule has 0 saturated heterocycles. The van der Waals surface area contributed by atoms with Crippen molar-refractivity contribution >= 4 is 10.1 Å². The molecule has 0 aromatic heterocycles. The first-order valence-corrected chi connectivity index (χ1v) is 9.71. The highest BCUT2D eigenvalue weighted by atomic mass is 32.2. The van der Waals surface area contributed by atoms with Gasteiger partial charge in [-0.1, -0.05) is 38.1 Å². The molecule has 0 bridgehead atoms. The van der Waals surface area contributed by atoms with E-state index >= 15 is 0 Å². The molecular formula is C19H24O5S. The Bertz CT molecular complexity index is 751. The van der Waals surface area contributed by atoms with Gasteiger partial charge in [0.05, 0.1) is 18.1 Å². The quantitative estimate of drug-likeness (QED) is 0.537. The van der Waals surface area contributed by atoms with E-state index in [2.05, 4.69) is 38.1 Å². The predicted molar refractivity (Wildman–Crippen MR) is 96.6 cm³/mol. The minimum absolute atomic E-state index is 0.156. The van der Waals surface area contributed by atoms with Gasteiger partial charge in [0, 0.05) is 0 Å². The third-order valence-corrected chi connectivity index (χ3v) is 4.92. The Kier molecular flexibility index (Phi) is 6.99. The Morgan fingerprint density at radius 2 is 1.64 bits per heavy atom. The van der Waals surface area contributed by atoms with Gasteiger partial charge in [-0.2, -0.15) is 8.42 Å². The minimum Gasteiger partial charge on any atom is -0.491 e. The van der Waals surface area contributed by atoms with Gasteiger partial charge >= 0.3 is 0 Å². The van der Waals surface area contributed by atoms with Crippen LogP contribution in [0, 0.1) is 0 Å². The molecule has 5 nitrogen and oxygen atoms in total. The normalized spacial score (nSPS) is 12.8. The van der Waals surface area contributed by atoms with Crippen molar-refractivity contribution in [3.63, 3.8) is 0 Å². The molecular weight excluding hydrogens is 340 g/mol. The third-order valence-electron chi connectivity index (χ3n) is 4.05. The van der Waals surface area contributed by atoms with Gasteiger partial charge in [-0.3, -0.25) is 4.55 Å². The van der Waals surface area contributed by atoms with Crippen molar-refractivity contribution in [2.24, 2.45) is 0 Å².